The van der Waals surface area contributed by atoms with Crippen molar-refractivity contribution in [2.45, 2.75) is 31.8 Å². The van der Waals surface area contributed by atoms with Crippen LogP contribution in [0.4, 0.5) is 5.69 Å². The Kier molecular flexibility index (Phi) is 4.96. The lowest BCUT2D eigenvalue weighted by atomic mass is 9.83. The quantitative estimate of drug-likeness (QED) is 0.452. The third-order valence-electron chi connectivity index (χ3n) is 6.68. The Labute approximate surface area is 184 Å². The topological polar surface area (TPSA) is 99.6 Å². The summed E-state index contributed by atoms with van der Waals surface area (Å²) in [4.78, 5) is 37.9. The first-order chi connectivity index (χ1) is 15.4. The molecule has 9 heteroatoms. The molecule has 0 N–H and O–H groups in total. The van der Waals surface area contributed by atoms with Crippen LogP contribution in [0.25, 0.3) is 10.9 Å². The van der Waals surface area contributed by atoms with Crippen molar-refractivity contribution in [2.75, 3.05) is 20.2 Å². The molecule has 1 saturated heterocycles. The molecule has 2 bridgehead atoms. The average Bonchev–Trinajstić information content (AvgIpc) is 3.19. The number of pyridine rings is 1. The number of rotatable bonds is 5. The maximum atomic E-state index is 13.0. The number of aromatic nitrogens is 2. The van der Waals surface area contributed by atoms with E-state index < -0.39 is 16.2 Å². The highest BCUT2D eigenvalue weighted by atomic mass is 16.6. The number of likely N-dealkylation sites (tertiary alicyclic amines) is 1. The molecule has 1 aromatic carbocycles. The first kappa shape index (κ1) is 20.3. The van der Waals surface area contributed by atoms with Crippen LogP contribution in [0.15, 0.2) is 47.4 Å². The van der Waals surface area contributed by atoms with E-state index in [1.807, 2.05) is 35.4 Å². The van der Waals surface area contributed by atoms with Crippen LogP contribution >= 0.6 is 0 Å². The average molecular weight is 436 g/mol. The molecule has 2 atom stereocenters. The second kappa shape index (κ2) is 7.81. The summed E-state index contributed by atoms with van der Waals surface area (Å²) in [5.74, 6) is 1.05. The third kappa shape index (κ3) is 3.43. The maximum absolute atomic E-state index is 13.0. The smallest absolute Gasteiger partial charge is 0.334 e. The van der Waals surface area contributed by atoms with Crippen LogP contribution in [0, 0.1) is 16.0 Å². The summed E-state index contributed by atoms with van der Waals surface area (Å²) in [6.07, 6.45) is 3.27. The molecule has 166 valence electrons. The van der Waals surface area contributed by atoms with Crippen molar-refractivity contribution < 1.29 is 14.5 Å². The summed E-state index contributed by atoms with van der Waals surface area (Å²) in [7, 11) is 1.64. The SMILES string of the molecule is COc1ccc2c(ccn2CCC(=O)N2CC3CC(C2)c2ccc([N+](=O)[O-])c(=O)n2C3)c1. The van der Waals surface area contributed by atoms with Crippen molar-refractivity contribution in [1.29, 1.82) is 0 Å². The summed E-state index contributed by atoms with van der Waals surface area (Å²) in [5, 5.41) is 12.2. The van der Waals surface area contributed by atoms with E-state index in [2.05, 4.69) is 4.57 Å². The second-order valence-corrected chi connectivity index (χ2v) is 8.60. The fraction of sp³-hybridized carbons (Fsp3) is 0.391. The van der Waals surface area contributed by atoms with Gasteiger partial charge in [-0.15, -0.1) is 0 Å². The Morgan fingerprint density at radius 3 is 2.81 bits per heavy atom. The van der Waals surface area contributed by atoms with Crippen molar-refractivity contribution in [3.8, 4) is 5.75 Å². The van der Waals surface area contributed by atoms with E-state index >= 15 is 0 Å². The lowest BCUT2D eigenvalue weighted by molar-refractivity contribution is -0.386. The monoisotopic (exact) mass is 436 g/mol. The van der Waals surface area contributed by atoms with Gasteiger partial charge in [-0.25, -0.2) is 0 Å². The molecule has 5 rings (SSSR count). The zero-order chi connectivity index (χ0) is 22.4. The highest BCUT2D eigenvalue weighted by molar-refractivity contribution is 5.82. The van der Waals surface area contributed by atoms with Gasteiger partial charge in [0.1, 0.15) is 5.75 Å². The van der Waals surface area contributed by atoms with Gasteiger partial charge >= 0.3 is 11.2 Å². The zero-order valence-corrected chi connectivity index (χ0v) is 17.8. The number of fused-ring (bicyclic) bond motifs is 5. The Balaban J connectivity index is 1.29. The van der Waals surface area contributed by atoms with E-state index in [1.165, 1.54) is 6.07 Å². The maximum Gasteiger partial charge on any atom is 0.334 e. The molecule has 2 aliphatic heterocycles. The van der Waals surface area contributed by atoms with Crippen molar-refractivity contribution in [3.05, 3.63) is 68.8 Å². The minimum atomic E-state index is -0.628. The van der Waals surface area contributed by atoms with Crippen molar-refractivity contribution in [2.24, 2.45) is 5.92 Å². The summed E-state index contributed by atoms with van der Waals surface area (Å²) in [6.45, 7) is 2.12. The molecule has 0 spiro atoms. The minimum Gasteiger partial charge on any atom is -0.497 e. The van der Waals surface area contributed by atoms with E-state index in [1.54, 1.807) is 17.7 Å². The summed E-state index contributed by atoms with van der Waals surface area (Å²) in [5.41, 5.74) is 0.917. The molecule has 3 aromatic rings. The van der Waals surface area contributed by atoms with Gasteiger partial charge in [-0.3, -0.25) is 19.7 Å². The molecule has 1 amide bonds. The largest absolute Gasteiger partial charge is 0.497 e. The number of nitro groups is 1. The number of nitrogens with zero attached hydrogens (tertiary/aromatic N) is 4. The van der Waals surface area contributed by atoms with Crippen LogP contribution < -0.4 is 10.3 Å². The Morgan fingerprint density at radius 1 is 1.19 bits per heavy atom. The molecule has 9 nitrogen and oxygen atoms in total. The lowest BCUT2D eigenvalue weighted by Gasteiger charge is -2.42. The van der Waals surface area contributed by atoms with Gasteiger partial charge < -0.3 is 18.8 Å². The molecule has 2 unspecified atom stereocenters. The fourth-order valence-corrected chi connectivity index (χ4v) is 5.15. The second-order valence-electron chi connectivity index (χ2n) is 8.60. The van der Waals surface area contributed by atoms with E-state index in [0.29, 0.717) is 32.6 Å². The number of carbonyl (C=O) groups is 1. The van der Waals surface area contributed by atoms with E-state index in [9.17, 15) is 19.7 Å². The summed E-state index contributed by atoms with van der Waals surface area (Å²) < 4.78 is 8.89. The number of carbonyl (C=O) groups excluding carboxylic acids is 1. The molecular formula is C23H24N4O5. The van der Waals surface area contributed by atoms with Crippen molar-refractivity contribution >= 4 is 22.5 Å². The number of methoxy groups -OCH3 is 1. The fourth-order valence-electron chi connectivity index (χ4n) is 5.15. The number of hydrogen-bond acceptors (Lipinski definition) is 5. The van der Waals surface area contributed by atoms with Crippen LogP contribution in [0.2, 0.25) is 0 Å². The van der Waals surface area contributed by atoms with Gasteiger partial charge in [0.15, 0.2) is 0 Å². The van der Waals surface area contributed by atoms with E-state index in [0.717, 1.165) is 28.8 Å². The first-order valence-electron chi connectivity index (χ1n) is 10.7. The van der Waals surface area contributed by atoms with Gasteiger partial charge in [0.2, 0.25) is 5.91 Å². The van der Waals surface area contributed by atoms with Gasteiger partial charge in [0, 0.05) is 67.4 Å². The predicted molar refractivity (Wildman–Crippen MR) is 118 cm³/mol. The van der Waals surface area contributed by atoms with Gasteiger partial charge in [0.25, 0.3) is 0 Å². The Morgan fingerprint density at radius 2 is 2.03 bits per heavy atom. The Hall–Kier alpha value is -3.62. The minimum absolute atomic E-state index is 0.0276. The normalized spacial score (nSPS) is 19.6. The molecule has 2 aliphatic rings. The lowest BCUT2D eigenvalue weighted by Crippen LogP contribution is -2.49. The number of ether oxygens (including phenoxy) is 1. The standard InChI is InChI=1S/C23H24N4O5/c1-32-18-2-3-19-16(11-18)6-8-24(19)9-7-22(28)25-12-15-10-17(14-25)20-4-5-21(27(30)31)23(29)26(20)13-15/h2-6,8,11,15,17H,7,9-10,12-14H2,1H3. The van der Waals surface area contributed by atoms with Crippen molar-refractivity contribution in [3.63, 3.8) is 0 Å². The molecule has 0 saturated carbocycles. The molecule has 2 aromatic heterocycles. The molecule has 32 heavy (non-hydrogen) atoms. The van der Waals surface area contributed by atoms with Crippen molar-refractivity contribution in [1.82, 2.24) is 14.0 Å². The molecular weight excluding hydrogens is 412 g/mol. The number of amides is 1. The van der Waals surface area contributed by atoms with Crippen LogP contribution in [0.3, 0.4) is 0 Å². The highest BCUT2D eigenvalue weighted by Gasteiger charge is 2.37. The van der Waals surface area contributed by atoms with Crippen LogP contribution in [0.1, 0.15) is 24.5 Å². The first-order valence-corrected chi connectivity index (χ1v) is 10.7. The zero-order valence-electron chi connectivity index (χ0n) is 17.8. The number of benzene rings is 1. The molecule has 0 aliphatic carbocycles. The Bertz CT molecular complexity index is 1280. The van der Waals surface area contributed by atoms with Gasteiger partial charge in [0.05, 0.1) is 12.0 Å². The molecule has 1 fully saturated rings. The van der Waals surface area contributed by atoms with E-state index in [4.69, 9.17) is 4.74 Å². The number of hydrogen-bond donors (Lipinski definition) is 0. The highest BCUT2D eigenvalue weighted by Crippen LogP contribution is 2.36. The summed E-state index contributed by atoms with van der Waals surface area (Å²) in [6, 6.07) is 10.9. The molecule has 0 radical (unpaired) electrons. The van der Waals surface area contributed by atoms with Gasteiger partial charge in [-0.2, -0.15) is 0 Å². The van der Waals surface area contributed by atoms with Crippen LogP contribution in [0.5, 0.6) is 5.75 Å². The van der Waals surface area contributed by atoms with Crippen LogP contribution in [-0.2, 0) is 17.9 Å². The van der Waals surface area contributed by atoms with E-state index in [-0.39, 0.29) is 17.7 Å². The summed E-state index contributed by atoms with van der Waals surface area (Å²) >= 11 is 0. The number of piperidine rings is 1. The number of aryl methyl sites for hydroxylation is 1. The van der Waals surface area contributed by atoms with Gasteiger partial charge in [-0.1, -0.05) is 0 Å². The van der Waals surface area contributed by atoms with Crippen LogP contribution in [-0.4, -0.2) is 45.1 Å². The third-order valence-corrected chi connectivity index (χ3v) is 6.68. The van der Waals surface area contributed by atoms with Gasteiger partial charge in [-0.05, 0) is 42.7 Å². The predicted octanol–water partition coefficient (Wildman–Crippen LogP) is 2.76. The molecule has 4 heterocycles.